The SMILES string of the molecule is Cc1noc2nc(-c3ccco3)cc(C(=O)N(C)Cc3c(F)cccc3Cl)c12. The van der Waals surface area contributed by atoms with Crippen LogP contribution >= 0.6 is 11.6 Å². The van der Waals surface area contributed by atoms with Gasteiger partial charge in [-0.05, 0) is 37.3 Å². The maximum atomic E-state index is 14.1. The molecule has 3 aromatic heterocycles. The predicted octanol–water partition coefficient (Wildman–Crippen LogP) is 4.86. The van der Waals surface area contributed by atoms with Crippen LogP contribution in [0.4, 0.5) is 4.39 Å². The normalized spacial score (nSPS) is 11.1. The molecule has 0 atom stereocenters. The van der Waals surface area contributed by atoms with E-state index in [0.29, 0.717) is 28.1 Å². The van der Waals surface area contributed by atoms with E-state index in [1.54, 1.807) is 38.2 Å². The number of benzene rings is 1. The van der Waals surface area contributed by atoms with Crippen LogP contribution in [-0.2, 0) is 6.54 Å². The molecular weight excluding hydrogens is 385 g/mol. The second-order valence-corrected chi connectivity index (χ2v) is 6.75. The van der Waals surface area contributed by atoms with Gasteiger partial charge in [-0.25, -0.2) is 9.37 Å². The summed E-state index contributed by atoms with van der Waals surface area (Å²) in [5.74, 6) is -0.319. The summed E-state index contributed by atoms with van der Waals surface area (Å²) in [7, 11) is 1.58. The molecule has 0 unspecified atom stereocenters. The highest BCUT2D eigenvalue weighted by Crippen LogP contribution is 2.29. The maximum absolute atomic E-state index is 14.1. The molecule has 0 saturated carbocycles. The number of hydrogen-bond acceptors (Lipinski definition) is 5. The van der Waals surface area contributed by atoms with Crippen LogP contribution in [0.1, 0.15) is 21.6 Å². The lowest BCUT2D eigenvalue weighted by Crippen LogP contribution is -2.27. The van der Waals surface area contributed by atoms with E-state index in [-0.39, 0.29) is 28.8 Å². The van der Waals surface area contributed by atoms with E-state index >= 15 is 0 Å². The lowest BCUT2D eigenvalue weighted by atomic mass is 10.1. The summed E-state index contributed by atoms with van der Waals surface area (Å²) in [6, 6.07) is 9.49. The minimum absolute atomic E-state index is 0.00850. The van der Waals surface area contributed by atoms with E-state index in [2.05, 4.69) is 10.1 Å². The number of amides is 1. The lowest BCUT2D eigenvalue weighted by Gasteiger charge is -2.19. The monoisotopic (exact) mass is 399 g/mol. The minimum Gasteiger partial charge on any atom is -0.463 e. The Balaban J connectivity index is 1.77. The Kier molecular flexibility index (Phi) is 4.60. The molecule has 0 fully saturated rings. The first-order chi connectivity index (χ1) is 13.5. The number of halogens is 2. The third-order valence-electron chi connectivity index (χ3n) is 4.42. The molecule has 0 aliphatic carbocycles. The molecule has 0 saturated heterocycles. The van der Waals surface area contributed by atoms with Crippen molar-refractivity contribution in [3.05, 3.63) is 70.3 Å². The third kappa shape index (κ3) is 3.14. The minimum atomic E-state index is -0.468. The summed E-state index contributed by atoms with van der Waals surface area (Å²) in [6.07, 6.45) is 1.51. The van der Waals surface area contributed by atoms with Crippen LogP contribution in [0.5, 0.6) is 0 Å². The second-order valence-electron chi connectivity index (χ2n) is 6.34. The lowest BCUT2D eigenvalue weighted by molar-refractivity contribution is 0.0785. The number of hydrogen-bond donors (Lipinski definition) is 0. The van der Waals surface area contributed by atoms with Crippen molar-refractivity contribution in [2.45, 2.75) is 13.5 Å². The maximum Gasteiger partial charge on any atom is 0.259 e. The molecule has 28 heavy (non-hydrogen) atoms. The van der Waals surface area contributed by atoms with Gasteiger partial charge in [0, 0.05) is 24.2 Å². The highest BCUT2D eigenvalue weighted by Gasteiger charge is 2.23. The molecule has 0 radical (unpaired) electrons. The summed E-state index contributed by atoms with van der Waals surface area (Å²) in [5, 5.41) is 4.68. The van der Waals surface area contributed by atoms with Gasteiger partial charge in [0.15, 0.2) is 5.76 Å². The number of rotatable bonds is 4. The summed E-state index contributed by atoms with van der Waals surface area (Å²) in [6.45, 7) is 1.74. The molecule has 6 nitrogen and oxygen atoms in total. The third-order valence-corrected chi connectivity index (χ3v) is 4.78. The summed E-state index contributed by atoms with van der Waals surface area (Å²) < 4.78 is 24.8. The Bertz CT molecular complexity index is 1150. The fourth-order valence-corrected chi connectivity index (χ4v) is 3.23. The first kappa shape index (κ1) is 18.2. The Morgan fingerprint density at radius 1 is 1.29 bits per heavy atom. The number of carbonyl (C=O) groups excluding carboxylic acids is 1. The Labute approximate surface area is 164 Å². The van der Waals surface area contributed by atoms with Crippen molar-refractivity contribution in [1.82, 2.24) is 15.0 Å². The van der Waals surface area contributed by atoms with Crippen LogP contribution in [0, 0.1) is 12.7 Å². The van der Waals surface area contributed by atoms with Gasteiger partial charge in [-0.1, -0.05) is 22.8 Å². The van der Waals surface area contributed by atoms with Crippen LogP contribution in [0.25, 0.3) is 22.6 Å². The van der Waals surface area contributed by atoms with Crippen molar-refractivity contribution >= 4 is 28.6 Å². The molecule has 4 aromatic rings. The van der Waals surface area contributed by atoms with Gasteiger partial charge < -0.3 is 13.8 Å². The van der Waals surface area contributed by atoms with E-state index in [9.17, 15) is 9.18 Å². The Hall–Kier alpha value is -3.19. The van der Waals surface area contributed by atoms with Gasteiger partial charge in [0.1, 0.15) is 11.5 Å². The van der Waals surface area contributed by atoms with Gasteiger partial charge in [-0.15, -0.1) is 0 Å². The molecule has 0 aliphatic heterocycles. The number of carbonyl (C=O) groups is 1. The Morgan fingerprint density at radius 3 is 2.82 bits per heavy atom. The van der Waals surface area contributed by atoms with Crippen LogP contribution in [0.15, 0.2) is 51.6 Å². The highest BCUT2D eigenvalue weighted by molar-refractivity contribution is 6.31. The van der Waals surface area contributed by atoms with Crippen molar-refractivity contribution in [3.63, 3.8) is 0 Å². The molecule has 3 heterocycles. The van der Waals surface area contributed by atoms with Gasteiger partial charge in [0.25, 0.3) is 11.6 Å². The van der Waals surface area contributed by atoms with Crippen LogP contribution in [-0.4, -0.2) is 28.0 Å². The average molecular weight is 400 g/mol. The summed E-state index contributed by atoms with van der Waals surface area (Å²) in [4.78, 5) is 19.0. The average Bonchev–Trinajstić information content (AvgIpc) is 3.34. The largest absolute Gasteiger partial charge is 0.463 e. The van der Waals surface area contributed by atoms with Crippen molar-refractivity contribution < 1.29 is 18.1 Å². The van der Waals surface area contributed by atoms with Gasteiger partial charge in [-0.3, -0.25) is 4.79 Å². The zero-order chi connectivity index (χ0) is 19.8. The first-order valence-electron chi connectivity index (χ1n) is 8.45. The van der Waals surface area contributed by atoms with Crippen molar-refractivity contribution in [2.24, 2.45) is 0 Å². The molecule has 4 rings (SSSR count). The van der Waals surface area contributed by atoms with Gasteiger partial charge in [0.05, 0.1) is 22.9 Å². The number of furan rings is 1. The summed E-state index contributed by atoms with van der Waals surface area (Å²) in [5.41, 5.74) is 1.79. The number of aromatic nitrogens is 2. The molecular formula is C20H15ClFN3O3. The van der Waals surface area contributed by atoms with E-state index in [0.717, 1.165) is 0 Å². The van der Waals surface area contributed by atoms with Gasteiger partial charge in [0.2, 0.25) is 0 Å². The first-order valence-corrected chi connectivity index (χ1v) is 8.82. The van der Waals surface area contributed by atoms with E-state index in [4.69, 9.17) is 20.5 Å². The molecule has 1 aromatic carbocycles. The van der Waals surface area contributed by atoms with E-state index < -0.39 is 5.82 Å². The Morgan fingerprint density at radius 2 is 2.11 bits per heavy atom. The van der Waals surface area contributed by atoms with Crippen molar-refractivity contribution in [2.75, 3.05) is 7.05 Å². The fourth-order valence-electron chi connectivity index (χ4n) is 3.01. The smallest absolute Gasteiger partial charge is 0.259 e. The van der Waals surface area contributed by atoms with Crippen LogP contribution in [0.2, 0.25) is 5.02 Å². The molecule has 0 aliphatic rings. The molecule has 8 heteroatoms. The zero-order valence-corrected chi connectivity index (χ0v) is 15.8. The topological polar surface area (TPSA) is 72.4 Å². The molecule has 0 bridgehead atoms. The van der Waals surface area contributed by atoms with E-state index in [1.807, 2.05) is 0 Å². The van der Waals surface area contributed by atoms with Crippen molar-refractivity contribution in [1.29, 1.82) is 0 Å². The fraction of sp³-hybridized carbons (Fsp3) is 0.150. The standard InChI is InChI=1S/C20H15ClFN3O3/c1-11-18-12(9-16(17-7-4-8-27-17)23-19(18)28-24-11)20(26)25(2)10-13-14(21)5-3-6-15(13)22/h3-9H,10H2,1-2H3. The predicted molar refractivity (Wildman–Crippen MR) is 101 cm³/mol. The molecule has 0 N–H and O–H groups in total. The van der Waals surface area contributed by atoms with Crippen LogP contribution in [0.3, 0.4) is 0 Å². The summed E-state index contributed by atoms with van der Waals surface area (Å²) >= 11 is 6.09. The molecule has 142 valence electrons. The molecule has 1 amide bonds. The second kappa shape index (κ2) is 7.09. The van der Waals surface area contributed by atoms with Crippen molar-refractivity contribution in [3.8, 4) is 11.5 Å². The number of fused-ring (bicyclic) bond motifs is 1. The van der Waals surface area contributed by atoms with Gasteiger partial charge in [-0.2, -0.15) is 0 Å². The number of aryl methyl sites for hydroxylation is 1. The quantitative estimate of drug-likeness (QED) is 0.490. The zero-order valence-electron chi connectivity index (χ0n) is 15.1. The number of nitrogens with zero attached hydrogens (tertiary/aromatic N) is 3. The highest BCUT2D eigenvalue weighted by atomic mass is 35.5. The number of pyridine rings is 1. The van der Waals surface area contributed by atoms with Crippen LogP contribution < -0.4 is 0 Å². The van der Waals surface area contributed by atoms with Gasteiger partial charge >= 0.3 is 0 Å². The van der Waals surface area contributed by atoms with E-state index in [1.165, 1.54) is 23.3 Å². The molecule has 0 spiro atoms.